The van der Waals surface area contributed by atoms with Crippen molar-refractivity contribution in [1.29, 1.82) is 0 Å². The molecule has 1 aliphatic rings. The molecule has 0 saturated carbocycles. The summed E-state index contributed by atoms with van der Waals surface area (Å²) in [5, 5.41) is 16.4. The Balaban J connectivity index is 1.83. The minimum absolute atomic E-state index is 0.110. The first-order chi connectivity index (χ1) is 8.72. The van der Waals surface area contributed by atoms with Crippen molar-refractivity contribution in [2.24, 2.45) is 0 Å². The molecule has 18 heavy (non-hydrogen) atoms. The van der Waals surface area contributed by atoms with Gasteiger partial charge in [-0.05, 0) is 30.7 Å². The van der Waals surface area contributed by atoms with E-state index in [0.29, 0.717) is 30.2 Å². The van der Waals surface area contributed by atoms with E-state index in [2.05, 4.69) is 15.5 Å². The van der Waals surface area contributed by atoms with Gasteiger partial charge in [-0.15, -0.1) is 0 Å². The summed E-state index contributed by atoms with van der Waals surface area (Å²) >= 11 is 0. The van der Waals surface area contributed by atoms with Gasteiger partial charge in [-0.3, -0.25) is 0 Å². The summed E-state index contributed by atoms with van der Waals surface area (Å²) in [5.41, 5.74) is 0.699. The second-order valence-corrected chi connectivity index (χ2v) is 4.31. The molecule has 0 bridgehead atoms. The predicted molar refractivity (Wildman–Crippen MR) is 61.1 cm³/mol. The summed E-state index contributed by atoms with van der Waals surface area (Å²) in [6, 6.07) is 5.79. The Hall–Kier alpha value is -1.79. The number of aliphatic hydroxyl groups excluding tert-OH is 1. The quantitative estimate of drug-likeness (QED) is 0.838. The first-order valence-electron chi connectivity index (χ1n) is 5.73. The fourth-order valence-corrected chi connectivity index (χ4v) is 2.00. The van der Waals surface area contributed by atoms with Gasteiger partial charge in [0.2, 0.25) is 11.7 Å². The van der Waals surface area contributed by atoms with E-state index in [4.69, 9.17) is 4.52 Å². The van der Waals surface area contributed by atoms with Crippen LogP contribution in [0.5, 0.6) is 0 Å². The van der Waals surface area contributed by atoms with Crippen LogP contribution in [0, 0.1) is 5.82 Å². The van der Waals surface area contributed by atoms with Crippen molar-refractivity contribution in [3.63, 3.8) is 0 Å². The Morgan fingerprint density at radius 2 is 2.11 bits per heavy atom. The molecule has 3 rings (SSSR count). The summed E-state index contributed by atoms with van der Waals surface area (Å²) in [7, 11) is 0. The first-order valence-corrected chi connectivity index (χ1v) is 5.73. The molecular weight excluding hydrogens is 237 g/mol. The van der Waals surface area contributed by atoms with Crippen molar-refractivity contribution in [3.05, 3.63) is 36.0 Å². The van der Waals surface area contributed by atoms with E-state index in [0.717, 1.165) is 0 Å². The Morgan fingerprint density at radius 3 is 2.78 bits per heavy atom. The topological polar surface area (TPSA) is 71.2 Å². The van der Waals surface area contributed by atoms with Crippen molar-refractivity contribution in [2.45, 2.75) is 18.6 Å². The minimum atomic E-state index is -0.379. The van der Waals surface area contributed by atoms with Crippen LogP contribution in [0.3, 0.4) is 0 Å². The third-order valence-corrected chi connectivity index (χ3v) is 2.95. The lowest BCUT2D eigenvalue weighted by atomic mass is 10.2. The molecular formula is C12H12FN3O2. The molecule has 2 atom stereocenters. The normalized spacial score (nSPS) is 23.4. The summed E-state index contributed by atoms with van der Waals surface area (Å²) < 4.78 is 17.9. The van der Waals surface area contributed by atoms with Crippen LogP contribution in [0.25, 0.3) is 11.4 Å². The summed E-state index contributed by atoms with van der Waals surface area (Å²) in [4.78, 5) is 4.25. The third-order valence-electron chi connectivity index (χ3n) is 2.95. The highest BCUT2D eigenvalue weighted by atomic mass is 19.1. The molecule has 2 N–H and O–H groups in total. The van der Waals surface area contributed by atoms with E-state index in [-0.39, 0.29) is 18.0 Å². The number of benzene rings is 1. The predicted octanol–water partition coefficient (Wildman–Crippen LogP) is 1.27. The molecule has 6 heteroatoms. The summed E-state index contributed by atoms with van der Waals surface area (Å²) in [6.07, 6.45) is 0.182. The molecule has 0 amide bonds. The van der Waals surface area contributed by atoms with Gasteiger partial charge in [0.25, 0.3) is 0 Å². The highest BCUT2D eigenvalue weighted by Crippen LogP contribution is 2.24. The van der Waals surface area contributed by atoms with Crippen molar-refractivity contribution < 1.29 is 14.0 Å². The van der Waals surface area contributed by atoms with Gasteiger partial charge in [-0.2, -0.15) is 4.98 Å². The number of β-amino-alcohol motifs (C(OH)–C–C–N with tert-alkyl or cyclic N) is 1. The average Bonchev–Trinajstić information content (AvgIpc) is 2.98. The number of nitrogens with zero attached hydrogens (tertiary/aromatic N) is 2. The molecule has 1 aromatic heterocycles. The van der Waals surface area contributed by atoms with E-state index in [9.17, 15) is 9.50 Å². The largest absolute Gasteiger partial charge is 0.392 e. The van der Waals surface area contributed by atoms with Crippen LogP contribution in [-0.2, 0) is 0 Å². The number of nitrogens with one attached hydrogen (secondary N) is 1. The second kappa shape index (κ2) is 4.47. The monoisotopic (exact) mass is 249 g/mol. The van der Waals surface area contributed by atoms with Gasteiger partial charge >= 0.3 is 0 Å². The zero-order valence-electron chi connectivity index (χ0n) is 9.51. The maximum Gasteiger partial charge on any atom is 0.244 e. The van der Waals surface area contributed by atoms with Gasteiger partial charge in [-0.25, -0.2) is 4.39 Å². The molecule has 0 aliphatic carbocycles. The molecule has 1 fully saturated rings. The molecule has 94 valence electrons. The molecule has 0 spiro atoms. The minimum Gasteiger partial charge on any atom is -0.392 e. The molecule has 1 saturated heterocycles. The number of rotatable bonds is 2. The van der Waals surface area contributed by atoms with Crippen LogP contribution in [0.15, 0.2) is 28.8 Å². The maximum atomic E-state index is 12.8. The number of aromatic nitrogens is 2. The Bertz CT molecular complexity index is 541. The van der Waals surface area contributed by atoms with Crippen LogP contribution >= 0.6 is 0 Å². The van der Waals surface area contributed by atoms with Gasteiger partial charge in [0.15, 0.2) is 0 Å². The van der Waals surface area contributed by atoms with Crippen molar-refractivity contribution in [2.75, 3.05) is 6.54 Å². The lowest BCUT2D eigenvalue weighted by molar-refractivity contribution is 0.191. The van der Waals surface area contributed by atoms with Crippen LogP contribution in [0.4, 0.5) is 4.39 Å². The van der Waals surface area contributed by atoms with Crippen LogP contribution in [0.1, 0.15) is 18.4 Å². The van der Waals surface area contributed by atoms with Gasteiger partial charge in [0.1, 0.15) is 5.82 Å². The highest BCUT2D eigenvalue weighted by Gasteiger charge is 2.28. The zero-order chi connectivity index (χ0) is 12.5. The molecule has 2 aromatic rings. The maximum absolute atomic E-state index is 12.8. The van der Waals surface area contributed by atoms with E-state index >= 15 is 0 Å². The third kappa shape index (κ3) is 2.12. The number of hydrogen-bond acceptors (Lipinski definition) is 5. The van der Waals surface area contributed by atoms with Gasteiger partial charge in [0, 0.05) is 12.1 Å². The number of aliphatic hydroxyl groups is 1. The van der Waals surface area contributed by atoms with Gasteiger partial charge < -0.3 is 14.9 Å². The first kappa shape index (κ1) is 11.3. The molecule has 0 unspecified atom stereocenters. The van der Waals surface area contributed by atoms with E-state index in [1.165, 1.54) is 12.1 Å². The zero-order valence-corrected chi connectivity index (χ0v) is 9.51. The summed E-state index contributed by atoms with van der Waals surface area (Å²) in [5.74, 6) is 0.571. The van der Waals surface area contributed by atoms with E-state index in [1.54, 1.807) is 12.1 Å². The highest BCUT2D eigenvalue weighted by molar-refractivity contribution is 5.53. The summed E-state index contributed by atoms with van der Waals surface area (Å²) in [6.45, 7) is 0.527. The molecule has 2 heterocycles. The van der Waals surface area contributed by atoms with Gasteiger partial charge in [-0.1, -0.05) is 5.16 Å². The van der Waals surface area contributed by atoms with Crippen molar-refractivity contribution in [3.8, 4) is 11.4 Å². The second-order valence-electron chi connectivity index (χ2n) is 4.31. The number of halogens is 1. The molecule has 1 aromatic carbocycles. The SMILES string of the molecule is O[C@H]1CN[C@@H](c2nc(-c3ccc(F)cc3)no2)C1. The standard InChI is InChI=1S/C12H12FN3O2/c13-8-3-1-7(2-4-8)11-15-12(18-16-11)10-5-9(17)6-14-10/h1-4,9-10,14,17H,5-6H2/t9-,10-/m1/s1. The lowest BCUT2D eigenvalue weighted by Gasteiger charge is -2.01. The van der Waals surface area contributed by atoms with Crippen molar-refractivity contribution in [1.82, 2.24) is 15.5 Å². The van der Waals surface area contributed by atoms with Crippen molar-refractivity contribution >= 4 is 0 Å². The Morgan fingerprint density at radius 1 is 1.33 bits per heavy atom. The molecule has 0 radical (unpaired) electrons. The smallest absolute Gasteiger partial charge is 0.244 e. The molecule has 1 aliphatic heterocycles. The van der Waals surface area contributed by atoms with Crippen LogP contribution < -0.4 is 5.32 Å². The number of hydrogen-bond donors (Lipinski definition) is 2. The lowest BCUT2D eigenvalue weighted by Crippen LogP contribution is -2.15. The molecule has 5 nitrogen and oxygen atoms in total. The van der Waals surface area contributed by atoms with Crippen LogP contribution in [0.2, 0.25) is 0 Å². The fourth-order valence-electron chi connectivity index (χ4n) is 2.00. The van der Waals surface area contributed by atoms with E-state index in [1.807, 2.05) is 0 Å². The van der Waals surface area contributed by atoms with Gasteiger partial charge in [0.05, 0.1) is 12.1 Å². The fraction of sp³-hybridized carbons (Fsp3) is 0.333. The van der Waals surface area contributed by atoms with E-state index < -0.39 is 0 Å². The average molecular weight is 249 g/mol. The Labute approximate surface area is 103 Å². The van der Waals surface area contributed by atoms with Crippen LogP contribution in [-0.4, -0.2) is 27.9 Å². The Kier molecular flexibility index (Phi) is 2.81.